The van der Waals surface area contributed by atoms with Crippen LogP contribution in [0.25, 0.3) is 33.8 Å². The van der Waals surface area contributed by atoms with Gasteiger partial charge in [0.15, 0.2) is 0 Å². The van der Waals surface area contributed by atoms with Crippen molar-refractivity contribution in [1.82, 2.24) is 19.9 Å². The van der Waals surface area contributed by atoms with Crippen LogP contribution in [-0.4, -0.2) is 19.9 Å². The van der Waals surface area contributed by atoms with Crippen LogP contribution in [0.4, 0.5) is 0 Å². The molecule has 2 atom stereocenters. The monoisotopic (exact) mass is 485 g/mol. The molecule has 0 saturated heterocycles. The van der Waals surface area contributed by atoms with Crippen LogP contribution in [0, 0.1) is 0 Å². The topological polar surface area (TPSA) is 111 Å². The maximum atomic E-state index is 5.86. The molecule has 2 aromatic heterocycles. The number of aromatic nitrogens is 4. The maximum absolute atomic E-state index is 5.86. The first-order valence-electron chi connectivity index (χ1n) is 9.05. The number of rotatable bonds is 5. The predicted molar refractivity (Wildman–Crippen MR) is 119 cm³/mol. The standard InChI is InChI=1S/C21H21IN6/c1-12(23)17-10-25-20(27-17)16-8-4-14(5-9-16)13-2-6-15(7-3-13)18-11-26-21(28-18)19(22)24/h2-12,19H,23-24H2,1H3,(H,25,27)(H,26,28)/p+1. The Morgan fingerprint density at radius 3 is 1.93 bits per heavy atom. The van der Waals surface area contributed by atoms with Gasteiger partial charge in [-0.3, -0.25) is 0 Å². The lowest BCUT2D eigenvalue weighted by atomic mass is 10.0. The molecule has 0 fully saturated rings. The van der Waals surface area contributed by atoms with E-state index in [0.717, 1.165) is 45.3 Å². The number of quaternary nitrogens is 1. The molecule has 142 valence electrons. The molecule has 0 saturated carbocycles. The highest BCUT2D eigenvalue weighted by molar-refractivity contribution is 14.1. The molecule has 28 heavy (non-hydrogen) atoms. The molecule has 7 N–H and O–H groups in total. The Morgan fingerprint density at radius 2 is 1.43 bits per heavy atom. The highest BCUT2D eigenvalue weighted by Gasteiger charge is 2.10. The number of halogens is 1. The van der Waals surface area contributed by atoms with E-state index < -0.39 is 0 Å². The van der Waals surface area contributed by atoms with Crippen LogP contribution in [0.3, 0.4) is 0 Å². The number of hydrogen-bond donors (Lipinski definition) is 4. The molecule has 0 aliphatic carbocycles. The molecule has 0 spiro atoms. The fourth-order valence-electron chi connectivity index (χ4n) is 3.02. The molecular formula is C21H22IN6+. The maximum Gasteiger partial charge on any atom is 0.137 e. The molecule has 6 nitrogen and oxygen atoms in total. The molecule has 2 aromatic carbocycles. The molecule has 2 heterocycles. The Labute approximate surface area is 176 Å². The molecule has 0 radical (unpaired) electrons. The summed E-state index contributed by atoms with van der Waals surface area (Å²) in [6.45, 7) is 2.05. The summed E-state index contributed by atoms with van der Waals surface area (Å²) in [5, 5.41) is 0. The fourth-order valence-corrected chi connectivity index (χ4v) is 3.34. The largest absolute Gasteiger partial charge is 0.350 e. The van der Waals surface area contributed by atoms with Crippen molar-refractivity contribution in [3.05, 3.63) is 72.4 Å². The van der Waals surface area contributed by atoms with Gasteiger partial charge >= 0.3 is 0 Å². The van der Waals surface area contributed by atoms with E-state index in [1.165, 1.54) is 0 Å². The molecule has 0 bridgehead atoms. The van der Waals surface area contributed by atoms with Crippen LogP contribution >= 0.6 is 22.6 Å². The van der Waals surface area contributed by atoms with Gasteiger partial charge in [0.05, 0.1) is 23.8 Å². The van der Waals surface area contributed by atoms with Crippen LogP contribution < -0.4 is 11.5 Å². The number of benzene rings is 2. The Hall–Kier alpha value is -2.49. The van der Waals surface area contributed by atoms with Gasteiger partial charge < -0.3 is 21.4 Å². The zero-order valence-electron chi connectivity index (χ0n) is 15.5. The first-order valence-corrected chi connectivity index (χ1v) is 10.3. The molecule has 0 aliphatic rings. The molecule has 7 heteroatoms. The second-order valence-electron chi connectivity index (χ2n) is 6.83. The van der Waals surface area contributed by atoms with Gasteiger partial charge in [0.25, 0.3) is 0 Å². The lowest BCUT2D eigenvalue weighted by molar-refractivity contribution is -0.421. The Kier molecular flexibility index (Phi) is 5.29. The van der Waals surface area contributed by atoms with Crippen molar-refractivity contribution in [2.75, 3.05) is 0 Å². The normalized spacial score (nSPS) is 13.4. The minimum atomic E-state index is -0.133. The quantitative estimate of drug-likeness (QED) is 0.196. The summed E-state index contributed by atoms with van der Waals surface area (Å²) in [7, 11) is 0. The number of imidazole rings is 2. The second kappa shape index (κ2) is 7.86. The third-order valence-corrected chi connectivity index (χ3v) is 5.26. The number of aromatic amines is 2. The van der Waals surface area contributed by atoms with Gasteiger partial charge in [0, 0.05) is 5.56 Å². The van der Waals surface area contributed by atoms with Crippen molar-refractivity contribution in [2.45, 2.75) is 17.0 Å². The van der Waals surface area contributed by atoms with Crippen molar-refractivity contribution >= 4 is 22.6 Å². The number of nitrogens with two attached hydrogens (primary N) is 1. The summed E-state index contributed by atoms with van der Waals surface area (Å²) in [5.74, 6) is 1.65. The van der Waals surface area contributed by atoms with E-state index in [1.54, 1.807) is 0 Å². The minimum Gasteiger partial charge on any atom is -0.350 e. The number of alkyl halides is 1. The Bertz CT molecular complexity index is 973. The van der Waals surface area contributed by atoms with Crippen molar-refractivity contribution in [1.29, 1.82) is 0 Å². The van der Waals surface area contributed by atoms with Gasteiger partial charge in [0.1, 0.15) is 21.7 Å². The predicted octanol–water partition coefficient (Wildman–Crippen LogP) is 3.83. The summed E-state index contributed by atoms with van der Waals surface area (Å²) < 4.78 is -0.133. The van der Waals surface area contributed by atoms with E-state index in [9.17, 15) is 0 Å². The van der Waals surface area contributed by atoms with E-state index in [0.29, 0.717) is 0 Å². The van der Waals surface area contributed by atoms with Crippen molar-refractivity contribution in [2.24, 2.45) is 5.73 Å². The summed E-state index contributed by atoms with van der Waals surface area (Å²) >= 11 is 2.14. The highest BCUT2D eigenvalue weighted by Crippen LogP contribution is 2.27. The van der Waals surface area contributed by atoms with Crippen LogP contribution in [0.15, 0.2) is 60.9 Å². The molecule has 4 aromatic rings. The summed E-state index contributed by atoms with van der Waals surface area (Å²) in [6.07, 6.45) is 3.67. The summed E-state index contributed by atoms with van der Waals surface area (Å²) in [5.41, 5.74) is 16.4. The first-order chi connectivity index (χ1) is 13.5. The molecule has 0 aliphatic heterocycles. The zero-order chi connectivity index (χ0) is 19.7. The van der Waals surface area contributed by atoms with Crippen LogP contribution in [0.5, 0.6) is 0 Å². The average Bonchev–Trinajstić information content (AvgIpc) is 3.38. The summed E-state index contributed by atoms with van der Waals surface area (Å²) in [6, 6.07) is 17.0. The lowest BCUT2D eigenvalue weighted by Gasteiger charge is -2.05. The Balaban J connectivity index is 1.54. The van der Waals surface area contributed by atoms with Gasteiger partial charge in [-0.05, 0) is 23.6 Å². The first kappa shape index (κ1) is 18.9. The second-order valence-corrected chi connectivity index (χ2v) is 8.17. The SMILES string of the molecule is CC([NH3+])c1cnc(-c2ccc(-c3ccc(-c4cnc(C(N)I)[nH]4)cc3)cc2)[nH]1. The molecule has 4 rings (SSSR count). The van der Waals surface area contributed by atoms with Crippen LogP contribution in [0.1, 0.15) is 28.5 Å². The van der Waals surface area contributed by atoms with E-state index in [1.807, 2.05) is 19.3 Å². The minimum absolute atomic E-state index is 0.133. The average molecular weight is 485 g/mol. The van der Waals surface area contributed by atoms with Crippen molar-refractivity contribution in [3.8, 4) is 33.8 Å². The number of nitrogens with zero attached hydrogens (tertiary/aromatic N) is 2. The van der Waals surface area contributed by atoms with E-state index >= 15 is 0 Å². The number of hydrogen-bond acceptors (Lipinski definition) is 3. The van der Waals surface area contributed by atoms with Gasteiger partial charge in [-0.15, -0.1) is 0 Å². The van der Waals surface area contributed by atoms with Crippen molar-refractivity contribution in [3.63, 3.8) is 0 Å². The Morgan fingerprint density at radius 1 is 0.857 bits per heavy atom. The number of nitrogens with one attached hydrogen (secondary N) is 2. The summed E-state index contributed by atoms with van der Waals surface area (Å²) in [4.78, 5) is 15.4. The molecular weight excluding hydrogens is 463 g/mol. The van der Waals surface area contributed by atoms with Crippen LogP contribution in [-0.2, 0) is 0 Å². The highest BCUT2D eigenvalue weighted by atomic mass is 127. The van der Waals surface area contributed by atoms with Gasteiger partial charge in [-0.1, -0.05) is 71.1 Å². The van der Waals surface area contributed by atoms with E-state index in [2.05, 4.69) is 96.8 Å². The molecule has 2 unspecified atom stereocenters. The lowest BCUT2D eigenvalue weighted by Crippen LogP contribution is -2.51. The van der Waals surface area contributed by atoms with E-state index in [4.69, 9.17) is 5.73 Å². The molecule has 0 amide bonds. The third-order valence-electron chi connectivity index (χ3n) is 4.67. The number of H-pyrrole nitrogens is 2. The van der Waals surface area contributed by atoms with Gasteiger partial charge in [-0.2, -0.15) is 0 Å². The van der Waals surface area contributed by atoms with Gasteiger partial charge in [-0.25, -0.2) is 9.97 Å². The fraction of sp³-hybridized carbons (Fsp3) is 0.143. The van der Waals surface area contributed by atoms with Crippen molar-refractivity contribution < 1.29 is 5.73 Å². The van der Waals surface area contributed by atoms with Crippen LogP contribution in [0.2, 0.25) is 0 Å². The van der Waals surface area contributed by atoms with E-state index in [-0.39, 0.29) is 10.1 Å². The third kappa shape index (κ3) is 3.87. The smallest absolute Gasteiger partial charge is 0.137 e. The van der Waals surface area contributed by atoms with Gasteiger partial charge in [0.2, 0.25) is 0 Å². The zero-order valence-corrected chi connectivity index (χ0v) is 17.6.